The third-order valence-electron chi connectivity index (χ3n) is 4.33. The van der Waals surface area contributed by atoms with Crippen molar-refractivity contribution in [3.05, 3.63) is 71.0 Å². The van der Waals surface area contributed by atoms with E-state index in [0.29, 0.717) is 31.7 Å². The Bertz CT molecular complexity index is 833. The highest BCUT2D eigenvalue weighted by atomic mass is 19.2. The summed E-state index contributed by atoms with van der Waals surface area (Å²) < 4.78 is 39.5. The van der Waals surface area contributed by atoms with Crippen molar-refractivity contribution in [2.45, 2.75) is 6.42 Å². The summed E-state index contributed by atoms with van der Waals surface area (Å²) in [7, 11) is 0. The van der Waals surface area contributed by atoms with Crippen molar-refractivity contribution in [1.29, 1.82) is 0 Å². The van der Waals surface area contributed by atoms with E-state index in [0.717, 1.165) is 12.1 Å². The van der Waals surface area contributed by atoms with E-state index in [2.05, 4.69) is 0 Å². The predicted octanol–water partition coefficient (Wildman–Crippen LogP) is 2.63. The second kappa shape index (κ2) is 7.59. The molecule has 0 bridgehead atoms. The van der Waals surface area contributed by atoms with E-state index >= 15 is 0 Å². The van der Waals surface area contributed by atoms with Gasteiger partial charge in [-0.2, -0.15) is 0 Å². The first-order valence-electron chi connectivity index (χ1n) is 8.20. The highest BCUT2D eigenvalue weighted by molar-refractivity contribution is 5.94. The van der Waals surface area contributed by atoms with Crippen LogP contribution in [0.25, 0.3) is 0 Å². The van der Waals surface area contributed by atoms with Crippen molar-refractivity contribution in [2.75, 3.05) is 26.2 Å². The van der Waals surface area contributed by atoms with Crippen molar-refractivity contribution in [2.24, 2.45) is 0 Å². The average molecular weight is 362 g/mol. The number of piperazine rings is 1. The van der Waals surface area contributed by atoms with Crippen LogP contribution in [0.3, 0.4) is 0 Å². The number of rotatable bonds is 3. The standard InChI is InChI=1S/C19H17F3N2O2/c20-15-3-1-2-13(10-15)11-18(25)23-6-8-24(9-7-23)19(26)14-4-5-16(21)17(22)12-14/h1-5,10,12H,6-9,11H2. The molecular formula is C19H17F3N2O2. The summed E-state index contributed by atoms with van der Waals surface area (Å²) in [5, 5.41) is 0. The van der Waals surface area contributed by atoms with Gasteiger partial charge in [-0.25, -0.2) is 13.2 Å². The van der Waals surface area contributed by atoms with Crippen molar-refractivity contribution in [1.82, 2.24) is 9.80 Å². The average Bonchev–Trinajstić information content (AvgIpc) is 2.63. The van der Waals surface area contributed by atoms with E-state index in [1.54, 1.807) is 17.0 Å². The molecule has 1 heterocycles. The fraction of sp³-hybridized carbons (Fsp3) is 0.263. The molecule has 3 rings (SSSR count). The van der Waals surface area contributed by atoms with Gasteiger partial charge in [0.25, 0.3) is 5.91 Å². The molecule has 0 radical (unpaired) electrons. The molecule has 0 atom stereocenters. The van der Waals surface area contributed by atoms with Gasteiger partial charge in [0.15, 0.2) is 11.6 Å². The van der Waals surface area contributed by atoms with E-state index < -0.39 is 23.4 Å². The second-order valence-corrected chi connectivity index (χ2v) is 6.11. The first-order chi connectivity index (χ1) is 12.4. The molecule has 7 heteroatoms. The Hall–Kier alpha value is -2.83. The smallest absolute Gasteiger partial charge is 0.254 e. The Kier molecular flexibility index (Phi) is 5.25. The second-order valence-electron chi connectivity index (χ2n) is 6.11. The largest absolute Gasteiger partial charge is 0.339 e. The topological polar surface area (TPSA) is 40.6 Å². The zero-order valence-electron chi connectivity index (χ0n) is 13.9. The van der Waals surface area contributed by atoms with Crippen LogP contribution in [0.4, 0.5) is 13.2 Å². The van der Waals surface area contributed by atoms with Gasteiger partial charge in [-0.1, -0.05) is 12.1 Å². The molecule has 0 N–H and O–H groups in total. The normalized spacial score (nSPS) is 14.4. The van der Waals surface area contributed by atoms with Gasteiger partial charge in [0.1, 0.15) is 5.82 Å². The fourth-order valence-electron chi connectivity index (χ4n) is 2.90. The van der Waals surface area contributed by atoms with Crippen LogP contribution in [-0.2, 0) is 11.2 Å². The van der Waals surface area contributed by atoms with E-state index in [1.165, 1.54) is 23.1 Å². The Labute approximate surface area is 148 Å². The molecule has 0 spiro atoms. The maximum atomic E-state index is 13.3. The summed E-state index contributed by atoms with van der Waals surface area (Å²) in [6, 6.07) is 8.90. The number of carbonyl (C=O) groups is 2. The SMILES string of the molecule is O=C(Cc1cccc(F)c1)N1CCN(C(=O)c2ccc(F)c(F)c2)CC1. The molecule has 0 aliphatic carbocycles. The number of nitrogens with zero attached hydrogens (tertiary/aromatic N) is 2. The van der Waals surface area contributed by atoms with Crippen LogP contribution in [0, 0.1) is 17.5 Å². The Morgan fingerprint density at radius 1 is 0.846 bits per heavy atom. The van der Waals surface area contributed by atoms with E-state index in [9.17, 15) is 22.8 Å². The van der Waals surface area contributed by atoms with Gasteiger partial charge in [0.2, 0.25) is 5.91 Å². The number of halogens is 3. The number of hydrogen-bond acceptors (Lipinski definition) is 2. The van der Waals surface area contributed by atoms with E-state index in [-0.39, 0.29) is 17.9 Å². The van der Waals surface area contributed by atoms with Crippen molar-refractivity contribution in [3.63, 3.8) is 0 Å². The lowest BCUT2D eigenvalue weighted by atomic mass is 10.1. The lowest BCUT2D eigenvalue weighted by Gasteiger charge is -2.35. The van der Waals surface area contributed by atoms with Crippen LogP contribution in [0.1, 0.15) is 15.9 Å². The maximum absolute atomic E-state index is 13.3. The van der Waals surface area contributed by atoms with Crippen LogP contribution < -0.4 is 0 Å². The summed E-state index contributed by atoms with van der Waals surface area (Å²) in [5.74, 6) is -3.01. The lowest BCUT2D eigenvalue weighted by molar-refractivity contribution is -0.131. The molecule has 2 amide bonds. The number of hydrogen-bond donors (Lipinski definition) is 0. The van der Waals surface area contributed by atoms with E-state index in [1.807, 2.05) is 0 Å². The molecule has 2 aromatic carbocycles. The first-order valence-corrected chi connectivity index (χ1v) is 8.20. The third kappa shape index (κ3) is 4.04. The maximum Gasteiger partial charge on any atom is 0.254 e. The molecule has 0 saturated carbocycles. The molecular weight excluding hydrogens is 345 g/mol. The Morgan fingerprint density at radius 3 is 2.19 bits per heavy atom. The van der Waals surface area contributed by atoms with Gasteiger partial charge in [-0.05, 0) is 35.9 Å². The molecule has 136 valence electrons. The third-order valence-corrected chi connectivity index (χ3v) is 4.33. The highest BCUT2D eigenvalue weighted by Gasteiger charge is 2.25. The van der Waals surface area contributed by atoms with Crippen molar-refractivity contribution < 1.29 is 22.8 Å². The zero-order valence-corrected chi connectivity index (χ0v) is 13.9. The number of carbonyl (C=O) groups excluding carboxylic acids is 2. The summed E-state index contributed by atoms with van der Waals surface area (Å²) in [5.41, 5.74) is 0.665. The predicted molar refractivity (Wildman–Crippen MR) is 88.9 cm³/mol. The summed E-state index contributed by atoms with van der Waals surface area (Å²) in [6.45, 7) is 1.27. The highest BCUT2D eigenvalue weighted by Crippen LogP contribution is 2.14. The molecule has 1 fully saturated rings. The summed E-state index contributed by atoms with van der Waals surface area (Å²) in [6.07, 6.45) is 0.0921. The van der Waals surface area contributed by atoms with Gasteiger partial charge in [0.05, 0.1) is 6.42 Å². The van der Waals surface area contributed by atoms with Gasteiger partial charge in [0, 0.05) is 31.7 Å². The van der Waals surface area contributed by atoms with Gasteiger partial charge in [-0.3, -0.25) is 9.59 Å². The van der Waals surface area contributed by atoms with Crippen LogP contribution in [0.15, 0.2) is 42.5 Å². The first kappa shape index (κ1) is 18.0. The summed E-state index contributed by atoms with van der Waals surface area (Å²) >= 11 is 0. The molecule has 1 saturated heterocycles. The van der Waals surface area contributed by atoms with Crippen LogP contribution in [0.5, 0.6) is 0 Å². The van der Waals surface area contributed by atoms with Crippen LogP contribution in [-0.4, -0.2) is 47.8 Å². The monoisotopic (exact) mass is 362 g/mol. The minimum Gasteiger partial charge on any atom is -0.339 e. The van der Waals surface area contributed by atoms with Gasteiger partial charge >= 0.3 is 0 Å². The molecule has 0 unspecified atom stereocenters. The van der Waals surface area contributed by atoms with Crippen LogP contribution >= 0.6 is 0 Å². The molecule has 0 aromatic heterocycles. The number of benzene rings is 2. The van der Waals surface area contributed by atoms with Crippen LogP contribution in [0.2, 0.25) is 0 Å². The fourth-order valence-corrected chi connectivity index (χ4v) is 2.90. The van der Waals surface area contributed by atoms with Gasteiger partial charge in [-0.15, -0.1) is 0 Å². The molecule has 1 aliphatic heterocycles. The summed E-state index contributed by atoms with van der Waals surface area (Å²) in [4.78, 5) is 27.8. The lowest BCUT2D eigenvalue weighted by Crippen LogP contribution is -2.51. The molecule has 1 aliphatic rings. The zero-order chi connectivity index (χ0) is 18.7. The quantitative estimate of drug-likeness (QED) is 0.842. The van der Waals surface area contributed by atoms with Crippen molar-refractivity contribution in [3.8, 4) is 0 Å². The Balaban J connectivity index is 1.57. The minimum absolute atomic E-state index is 0.0726. The molecule has 26 heavy (non-hydrogen) atoms. The molecule has 2 aromatic rings. The van der Waals surface area contributed by atoms with Gasteiger partial charge < -0.3 is 9.80 Å². The number of amides is 2. The Morgan fingerprint density at radius 2 is 1.54 bits per heavy atom. The van der Waals surface area contributed by atoms with Crippen molar-refractivity contribution >= 4 is 11.8 Å². The van der Waals surface area contributed by atoms with E-state index in [4.69, 9.17) is 0 Å². The minimum atomic E-state index is -1.07. The molecule has 4 nitrogen and oxygen atoms in total.